The van der Waals surface area contributed by atoms with Crippen LogP contribution in [-0.2, 0) is 6.54 Å². The van der Waals surface area contributed by atoms with Crippen LogP contribution in [0.25, 0.3) is 0 Å². The number of aromatic carboxylic acids is 1. The van der Waals surface area contributed by atoms with Crippen LogP contribution in [0.1, 0.15) is 20.1 Å². The fourth-order valence-corrected chi connectivity index (χ4v) is 2.78. The molecule has 100 valence electrons. The summed E-state index contributed by atoms with van der Waals surface area (Å²) in [5, 5.41) is 13.1. The molecular weight excluding hydrogens is 305 g/mol. The smallest absolute Gasteiger partial charge is 0.345 e. The largest absolute Gasteiger partial charge is 0.477 e. The Hall–Kier alpha value is -1.23. The van der Waals surface area contributed by atoms with E-state index in [0.717, 1.165) is 16.1 Å². The number of carboxylic acid groups (broad SMARTS) is 1. The molecule has 1 aromatic carbocycles. The van der Waals surface area contributed by atoms with Crippen LogP contribution in [0.5, 0.6) is 0 Å². The number of rotatable bonds is 4. The van der Waals surface area contributed by atoms with Crippen molar-refractivity contribution < 1.29 is 9.90 Å². The topological polar surface area (TPSA) is 49.3 Å². The van der Waals surface area contributed by atoms with E-state index in [9.17, 15) is 4.79 Å². The third-order valence-corrected chi connectivity index (χ3v) is 4.45. The van der Waals surface area contributed by atoms with E-state index in [1.54, 1.807) is 18.2 Å². The number of hydrogen-bond donors (Lipinski definition) is 2. The number of nitrogens with one attached hydrogen (secondary N) is 1. The molecule has 2 aromatic rings. The zero-order valence-corrected chi connectivity index (χ0v) is 12.4. The Bertz CT molecular complexity index is 625. The lowest BCUT2D eigenvalue weighted by atomic mass is 10.2. The molecule has 0 radical (unpaired) electrons. The average molecular weight is 316 g/mol. The van der Waals surface area contributed by atoms with Crippen molar-refractivity contribution in [3.8, 4) is 0 Å². The van der Waals surface area contributed by atoms with E-state index in [-0.39, 0.29) is 0 Å². The minimum Gasteiger partial charge on any atom is -0.477 e. The van der Waals surface area contributed by atoms with Crippen molar-refractivity contribution in [2.24, 2.45) is 0 Å². The molecule has 2 N–H and O–H groups in total. The maximum Gasteiger partial charge on any atom is 0.345 e. The Morgan fingerprint density at radius 2 is 2.05 bits per heavy atom. The molecule has 19 heavy (non-hydrogen) atoms. The summed E-state index contributed by atoms with van der Waals surface area (Å²) in [6.07, 6.45) is 0. The van der Waals surface area contributed by atoms with Crippen LogP contribution in [0.4, 0.5) is 5.69 Å². The van der Waals surface area contributed by atoms with Crippen LogP contribution in [0.3, 0.4) is 0 Å². The predicted octanol–water partition coefficient (Wildman–Crippen LogP) is 4.67. The maximum atomic E-state index is 10.9. The third-order valence-electron chi connectivity index (χ3n) is 2.63. The fourth-order valence-electron chi connectivity index (χ4n) is 1.60. The quantitative estimate of drug-likeness (QED) is 0.861. The highest BCUT2D eigenvalue weighted by molar-refractivity contribution is 7.14. The number of hydrogen-bond acceptors (Lipinski definition) is 3. The Labute approximate surface area is 124 Å². The predicted molar refractivity (Wildman–Crippen MR) is 79.8 cm³/mol. The average Bonchev–Trinajstić information content (AvgIpc) is 2.73. The van der Waals surface area contributed by atoms with E-state index in [0.29, 0.717) is 21.5 Å². The summed E-state index contributed by atoms with van der Waals surface area (Å²) in [6, 6.07) is 6.97. The summed E-state index contributed by atoms with van der Waals surface area (Å²) in [5.41, 5.74) is 1.81. The molecule has 2 rings (SSSR count). The number of carboxylic acids is 1. The van der Waals surface area contributed by atoms with Crippen LogP contribution < -0.4 is 5.32 Å². The number of benzene rings is 1. The standard InChI is InChI=1S/C13H11Cl2NO2S/c1-7-8(4-12(19-7)13(17)18)6-16-9-2-3-10(14)11(15)5-9/h2-5,16H,6H2,1H3,(H,17,18). The number of aryl methyl sites for hydroxylation is 1. The molecule has 0 aliphatic rings. The summed E-state index contributed by atoms with van der Waals surface area (Å²) in [7, 11) is 0. The van der Waals surface area contributed by atoms with Gasteiger partial charge in [-0.1, -0.05) is 23.2 Å². The number of halogens is 2. The Kier molecular flexibility index (Phi) is 4.34. The van der Waals surface area contributed by atoms with Gasteiger partial charge in [-0.05, 0) is 36.8 Å². The van der Waals surface area contributed by atoms with Crippen molar-refractivity contribution in [3.63, 3.8) is 0 Å². The SMILES string of the molecule is Cc1sc(C(=O)O)cc1CNc1ccc(Cl)c(Cl)c1. The lowest BCUT2D eigenvalue weighted by Gasteiger charge is -2.07. The second-order valence-electron chi connectivity index (χ2n) is 3.98. The Morgan fingerprint density at radius 3 is 2.63 bits per heavy atom. The first kappa shape index (κ1) is 14.2. The van der Waals surface area contributed by atoms with E-state index >= 15 is 0 Å². The molecule has 3 nitrogen and oxygen atoms in total. The summed E-state index contributed by atoms with van der Waals surface area (Å²) < 4.78 is 0. The summed E-state index contributed by atoms with van der Waals surface area (Å²) >= 11 is 13.0. The highest BCUT2D eigenvalue weighted by atomic mass is 35.5. The number of anilines is 1. The first-order chi connectivity index (χ1) is 8.97. The van der Waals surface area contributed by atoms with Gasteiger partial charge in [-0.3, -0.25) is 0 Å². The molecule has 0 amide bonds. The van der Waals surface area contributed by atoms with Crippen LogP contribution in [0.15, 0.2) is 24.3 Å². The van der Waals surface area contributed by atoms with Crippen LogP contribution in [-0.4, -0.2) is 11.1 Å². The molecule has 0 fully saturated rings. The highest BCUT2D eigenvalue weighted by Gasteiger charge is 2.10. The van der Waals surface area contributed by atoms with E-state index < -0.39 is 5.97 Å². The first-order valence-corrected chi connectivity index (χ1v) is 7.06. The van der Waals surface area contributed by atoms with E-state index in [1.807, 2.05) is 13.0 Å². The number of carbonyl (C=O) groups is 1. The van der Waals surface area contributed by atoms with Crippen LogP contribution in [0, 0.1) is 6.92 Å². The first-order valence-electron chi connectivity index (χ1n) is 5.49. The van der Waals surface area contributed by atoms with Gasteiger partial charge >= 0.3 is 5.97 Å². The summed E-state index contributed by atoms with van der Waals surface area (Å²) in [5.74, 6) is -0.895. The van der Waals surface area contributed by atoms with Gasteiger partial charge in [0.2, 0.25) is 0 Å². The van der Waals surface area contributed by atoms with Gasteiger partial charge in [0, 0.05) is 17.1 Å². The van der Waals surface area contributed by atoms with Crippen molar-refractivity contribution in [1.29, 1.82) is 0 Å². The van der Waals surface area contributed by atoms with Crippen molar-refractivity contribution in [1.82, 2.24) is 0 Å². The third kappa shape index (κ3) is 3.41. The maximum absolute atomic E-state index is 10.9. The van der Waals surface area contributed by atoms with Gasteiger partial charge in [-0.15, -0.1) is 11.3 Å². The Morgan fingerprint density at radius 1 is 1.32 bits per heavy atom. The molecule has 0 unspecified atom stereocenters. The zero-order valence-electron chi connectivity index (χ0n) is 10.0. The lowest BCUT2D eigenvalue weighted by molar-refractivity contribution is 0.0702. The molecule has 0 saturated heterocycles. The van der Waals surface area contributed by atoms with Crippen molar-refractivity contribution in [2.45, 2.75) is 13.5 Å². The lowest BCUT2D eigenvalue weighted by Crippen LogP contribution is -1.99. The molecular formula is C13H11Cl2NO2S. The molecule has 0 saturated carbocycles. The molecule has 6 heteroatoms. The second-order valence-corrected chi connectivity index (χ2v) is 6.05. The van der Waals surface area contributed by atoms with Crippen LogP contribution in [0.2, 0.25) is 10.0 Å². The minimum absolute atomic E-state index is 0.350. The van der Waals surface area contributed by atoms with Crippen molar-refractivity contribution >= 4 is 46.2 Å². The molecule has 0 aliphatic heterocycles. The second kappa shape index (κ2) is 5.82. The molecule has 0 atom stereocenters. The van der Waals surface area contributed by atoms with Gasteiger partial charge in [-0.2, -0.15) is 0 Å². The molecule has 1 heterocycles. The van der Waals surface area contributed by atoms with E-state index in [4.69, 9.17) is 28.3 Å². The van der Waals surface area contributed by atoms with Gasteiger partial charge in [0.25, 0.3) is 0 Å². The van der Waals surface area contributed by atoms with Crippen LogP contribution >= 0.6 is 34.5 Å². The van der Waals surface area contributed by atoms with Gasteiger partial charge in [-0.25, -0.2) is 4.79 Å². The van der Waals surface area contributed by atoms with E-state index in [1.165, 1.54) is 11.3 Å². The Balaban J connectivity index is 2.09. The summed E-state index contributed by atoms with van der Waals surface area (Å²) in [6.45, 7) is 2.45. The van der Waals surface area contributed by atoms with Gasteiger partial charge < -0.3 is 10.4 Å². The zero-order chi connectivity index (χ0) is 14.0. The molecule has 0 spiro atoms. The van der Waals surface area contributed by atoms with Gasteiger partial charge in [0.1, 0.15) is 4.88 Å². The number of thiophene rings is 1. The normalized spacial score (nSPS) is 10.5. The van der Waals surface area contributed by atoms with Gasteiger partial charge in [0.15, 0.2) is 0 Å². The van der Waals surface area contributed by atoms with Crippen molar-refractivity contribution in [3.05, 3.63) is 49.6 Å². The summed E-state index contributed by atoms with van der Waals surface area (Å²) in [4.78, 5) is 12.2. The molecule has 0 bridgehead atoms. The van der Waals surface area contributed by atoms with Gasteiger partial charge in [0.05, 0.1) is 10.0 Å². The monoisotopic (exact) mass is 315 g/mol. The molecule has 0 aliphatic carbocycles. The molecule has 1 aromatic heterocycles. The van der Waals surface area contributed by atoms with E-state index in [2.05, 4.69) is 5.32 Å². The fraction of sp³-hybridized carbons (Fsp3) is 0.154. The minimum atomic E-state index is -0.895. The van der Waals surface area contributed by atoms with Crippen molar-refractivity contribution in [2.75, 3.05) is 5.32 Å². The highest BCUT2D eigenvalue weighted by Crippen LogP contribution is 2.26.